The highest BCUT2D eigenvalue weighted by molar-refractivity contribution is 7.92. The summed E-state index contributed by atoms with van der Waals surface area (Å²) in [4.78, 5) is 16.6. The summed E-state index contributed by atoms with van der Waals surface area (Å²) in [7, 11) is -4.03. The van der Waals surface area contributed by atoms with Crippen LogP contribution in [0.1, 0.15) is 5.56 Å². The van der Waals surface area contributed by atoms with Gasteiger partial charge in [-0.25, -0.2) is 8.42 Å². The molecule has 1 heterocycles. The topological polar surface area (TPSA) is 79.4 Å². The van der Waals surface area contributed by atoms with Crippen LogP contribution >= 0.6 is 23.2 Å². The fraction of sp³-hybridized carbons (Fsp3) is 0.100. The molecule has 1 N–H and O–H groups in total. The van der Waals surface area contributed by atoms with Crippen LogP contribution in [0.25, 0.3) is 0 Å². The normalized spacial score (nSPS) is 11.1. The minimum atomic E-state index is -4.03. The Morgan fingerprint density at radius 2 is 1.79 bits per heavy atom. The summed E-state index contributed by atoms with van der Waals surface area (Å²) < 4.78 is 27.4. The highest BCUT2D eigenvalue weighted by atomic mass is 35.5. The van der Waals surface area contributed by atoms with E-state index in [-0.39, 0.29) is 22.2 Å². The fourth-order valence-electron chi connectivity index (χ4n) is 2.59. The first-order chi connectivity index (χ1) is 13.9. The van der Waals surface area contributed by atoms with E-state index in [0.717, 1.165) is 9.87 Å². The van der Waals surface area contributed by atoms with Gasteiger partial charge in [-0.3, -0.25) is 14.1 Å². The standard InChI is InChI=1S/C20H17Cl2N3O3S/c21-16-8-9-19(18(22)11-16)25(29(27,28)17-6-2-1-3-7-17)14-20(26)24-13-15-5-4-10-23-12-15/h1-12H,13-14H2,(H,24,26). The lowest BCUT2D eigenvalue weighted by Gasteiger charge is -2.25. The third kappa shape index (κ3) is 5.26. The third-order valence-electron chi connectivity index (χ3n) is 4.01. The molecule has 0 atom stereocenters. The molecule has 9 heteroatoms. The molecule has 0 aliphatic heterocycles. The van der Waals surface area contributed by atoms with Gasteiger partial charge < -0.3 is 5.32 Å². The monoisotopic (exact) mass is 449 g/mol. The molecule has 29 heavy (non-hydrogen) atoms. The first-order valence-electron chi connectivity index (χ1n) is 8.56. The van der Waals surface area contributed by atoms with Crippen molar-refractivity contribution < 1.29 is 13.2 Å². The first-order valence-corrected chi connectivity index (χ1v) is 10.8. The Hall–Kier alpha value is -2.61. The van der Waals surface area contributed by atoms with Gasteiger partial charge in [0, 0.05) is 24.0 Å². The summed E-state index contributed by atoms with van der Waals surface area (Å²) >= 11 is 12.2. The van der Waals surface area contributed by atoms with Crippen molar-refractivity contribution in [3.8, 4) is 0 Å². The first kappa shape index (κ1) is 21.1. The third-order valence-corrected chi connectivity index (χ3v) is 6.32. The summed E-state index contributed by atoms with van der Waals surface area (Å²) in [6.07, 6.45) is 3.25. The molecule has 0 aliphatic carbocycles. The van der Waals surface area contributed by atoms with E-state index in [4.69, 9.17) is 23.2 Å². The van der Waals surface area contributed by atoms with E-state index in [9.17, 15) is 13.2 Å². The lowest BCUT2D eigenvalue weighted by atomic mass is 10.3. The predicted molar refractivity (Wildman–Crippen MR) is 114 cm³/mol. The predicted octanol–water partition coefficient (Wildman–Crippen LogP) is 3.90. The zero-order valence-electron chi connectivity index (χ0n) is 15.1. The Balaban J connectivity index is 1.90. The summed E-state index contributed by atoms with van der Waals surface area (Å²) in [5.74, 6) is -0.487. The van der Waals surface area contributed by atoms with Crippen LogP contribution in [-0.4, -0.2) is 25.9 Å². The lowest BCUT2D eigenvalue weighted by molar-refractivity contribution is -0.119. The zero-order chi connectivity index (χ0) is 20.9. The van der Waals surface area contributed by atoms with Gasteiger partial charge in [-0.1, -0.05) is 47.5 Å². The van der Waals surface area contributed by atoms with Crippen molar-refractivity contribution in [3.05, 3.63) is 88.7 Å². The van der Waals surface area contributed by atoms with Crippen LogP contribution in [0, 0.1) is 0 Å². The van der Waals surface area contributed by atoms with Crippen LogP contribution in [0.2, 0.25) is 10.0 Å². The van der Waals surface area contributed by atoms with Gasteiger partial charge in [0.05, 0.1) is 15.6 Å². The van der Waals surface area contributed by atoms with E-state index < -0.39 is 22.5 Å². The van der Waals surface area contributed by atoms with E-state index in [1.54, 1.807) is 36.7 Å². The molecule has 0 saturated carbocycles. The largest absolute Gasteiger partial charge is 0.350 e. The molecule has 1 amide bonds. The number of aromatic nitrogens is 1. The molecule has 0 unspecified atom stereocenters. The van der Waals surface area contributed by atoms with Gasteiger partial charge in [0.15, 0.2) is 0 Å². The quantitative estimate of drug-likeness (QED) is 0.592. The molecular formula is C20H17Cl2N3O3S. The highest BCUT2D eigenvalue weighted by Crippen LogP contribution is 2.32. The van der Waals surface area contributed by atoms with E-state index in [0.29, 0.717) is 5.02 Å². The molecule has 0 spiro atoms. The maximum absolute atomic E-state index is 13.2. The number of sulfonamides is 1. The maximum Gasteiger partial charge on any atom is 0.264 e. The van der Waals surface area contributed by atoms with Crippen molar-refractivity contribution in [3.63, 3.8) is 0 Å². The van der Waals surface area contributed by atoms with Crippen molar-refractivity contribution in [2.75, 3.05) is 10.8 Å². The number of rotatable bonds is 7. The second-order valence-corrected chi connectivity index (χ2v) is 8.76. The molecule has 150 valence electrons. The molecule has 2 aromatic carbocycles. The molecule has 0 aliphatic rings. The Morgan fingerprint density at radius 3 is 2.45 bits per heavy atom. The average molecular weight is 450 g/mol. The van der Waals surface area contributed by atoms with Crippen LogP contribution in [0.4, 0.5) is 5.69 Å². The van der Waals surface area contributed by atoms with E-state index in [1.807, 2.05) is 6.07 Å². The highest BCUT2D eigenvalue weighted by Gasteiger charge is 2.28. The summed E-state index contributed by atoms with van der Waals surface area (Å²) in [5, 5.41) is 3.18. The van der Waals surface area contributed by atoms with Crippen LogP contribution in [-0.2, 0) is 21.4 Å². The van der Waals surface area contributed by atoms with Gasteiger partial charge in [0.2, 0.25) is 5.91 Å². The fourth-order valence-corrected chi connectivity index (χ4v) is 4.61. The van der Waals surface area contributed by atoms with E-state index in [2.05, 4.69) is 10.3 Å². The number of amides is 1. The summed E-state index contributed by atoms with van der Waals surface area (Å²) in [6, 6.07) is 15.8. The summed E-state index contributed by atoms with van der Waals surface area (Å²) in [6.45, 7) is -0.223. The summed E-state index contributed by atoms with van der Waals surface area (Å²) in [5.41, 5.74) is 0.958. The van der Waals surface area contributed by atoms with Gasteiger partial charge in [-0.05, 0) is 42.0 Å². The number of carbonyl (C=O) groups excluding carboxylic acids is 1. The van der Waals surface area contributed by atoms with Crippen LogP contribution in [0.5, 0.6) is 0 Å². The Bertz CT molecular complexity index is 1090. The van der Waals surface area contributed by atoms with Crippen molar-refractivity contribution in [2.45, 2.75) is 11.4 Å². The van der Waals surface area contributed by atoms with Crippen molar-refractivity contribution >= 4 is 44.8 Å². The maximum atomic E-state index is 13.2. The molecule has 0 saturated heterocycles. The molecule has 0 fully saturated rings. The Morgan fingerprint density at radius 1 is 1.03 bits per heavy atom. The Labute approximate surface area is 179 Å². The van der Waals surface area contributed by atoms with E-state index in [1.165, 1.54) is 30.3 Å². The lowest BCUT2D eigenvalue weighted by Crippen LogP contribution is -2.40. The van der Waals surface area contributed by atoms with Gasteiger partial charge in [-0.15, -0.1) is 0 Å². The number of hydrogen-bond donors (Lipinski definition) is 1. The SMILES string of the molecule is O=C(CN(c1ccc(Cl)cc1Cl)S(=O)(=O)c1ccccc1)NCc1cccnc1. The molecule has 0 bridgehead atoms. The van der Waals surface area contributed by atoms with Gasteiger partial charge in [0.25, 0.3) is 10.0 Å². The van der Waals surface area contributed by atoms with Crippen molar-refractivity contribution in [2.24, 2.45) is 0 Å². The zero-order valence-corrected chi connectivity index (χ0v) is 17.5. The van der Waals surface area contributed by atoms with Crippen LogP contribution in [0.3, 0.4) is 0 Å². The van der Waals surface area contributed by atoms with Crippen molar-refractivity contribution in [1.82, 2.24) is 10.3 Å². The molecule has 6 nitrogen and oxygen atoms in total. The number of hydrogen-bond acceptors (Lipinski definition) is 4. The number of nitrogens with zero attached hydrogens (tertiary/aromatic N) is 2. The number of benzene rings is 2. The number of nitrogens with one attached hydrogen (secondary N) is 1. The smallest absolute Gasteiger partial charge is 0.264 e. The molecule has 1 aromatic heterocycles. The minimum Gasteiger partial charge on any atom is -0.350 e. The number of carbonyl (C=O) groups is 1. The number of anilines is 1. The number of halogens is 2. The second kappa shape index (κ2) is 9.26. The van der Waals surface area contributed by atoms with Gasteiger partial charge in [0.1, 0.15) is 6.54 Å². The van der Waals surface area contributed by atoms with Crippen LogP contribution < -0.4 is 9.62 Å². The second-order valence-electron chi connectivity index (χ2n) is 6.06. The number of pyridine rings is 1. The van der Waals surface area contributed by atoms with Gasteiger partial charge >= 0.3 is 0 Å². The van der Waals surface area contributed by atoms with Crippen molar-refractivity contribution in [1.29, 1.82) is 0 Å². The van der Waals surface area contributed by atoms with Gasteiger partial charge in [-0.2, -0.15) is 0 Å². The molecule has 0 radical (unpaired) electrons. The van der Waals surface area contributed by atoms with E-state index >= 15 is 0 Å². The minimum absolute atomic E-state index is 0.0473. The van der Waals surface area contributed by atoms with Crippen LogP contribution in [0.15, 0.2) is 78.0 Å². The Kier molecular flexibility index (Phi) is 6.74. The molecule has 3 rings (SSSR count). The molecular weight excluding hydrogens is 433 g/mol. The molecule has 3 aromatic rings. The average Bonchev–Trinajstić information content (AvgIpc) is 2.72.